The second-order valence-corrected chi connectivity index (χ2v) is 8.10. The fraction of sp³-hybridized carbons (Fsp3) is 0.333. The van der Waals surface area contributed by atoms with Crippen molar-refractivity contribution in [2.24, 2.45) is 0 Å². The third-order valence-electron chi connectivity index (χ3n) is 5.90. The lowest BCUT2D eigenvalue weighted by Crippen LogP contribution is -3.11. The molecule has 1 saturated heterocycles. The first-order valence-corrected chi connectivity index (χ1v) is 10.5. The second kappa shape index (κ2) is 8.71. The van der Waals surface area contributed by atoms with Crippen molar-refractivity contribution in [3.05, 3.63) is 76.1 Å². The molecule has 0 spiro atoms. The molecule has 2 heterocycles. The summed E-state index contributed by atoms with van der Waals surface area (Å²) < 4.78 is 5.31. The van der Waals surface area contributed by atoms with E-state index in [-0.39, 0.29) is 17.5 Å². The standard InChI is InChI=1S/C24H27N3O3/c1-26(2)19-11-9-17(10-12-19)21(27-13-5-6-14-27)16-25-23(28)20-15-18-7-3-4-8-22(18)30-24(20)29/h3-4,7-12,15,21H,5-6,13-14,16H2,1-2H3,(H,25,28)/p+1/t21-/m0/s1. The molecule has 0 bridgehead atoms. The molecule has 1 aromatic heterocycles. The Labute approximate surface area is 176 Å². The van der Waals surface area contributed by atoms with Gasteiger partial charge in [0.25, 0.3) is 5.91 Å². The number of nitrogens with one attached hydrogen (secondary N) is 2. The largest absolute Gasteiger partial charge is 0.422 e. The molecule has 0 radical (unpaired) electrons. The van der Waals surface area contributed by atoms with Crippen LogP contribution in [0.2, 0.25) is 0 Å². The first-order chi connectivity index (χ1) is 14.5. The summed E-state index contributed by atoms with van der Waals surface area (Å²) in [5, 5.41) is 3.73. The van der Waals surface area contributed by atoms with Crippen molar-refractivity contribution < 1.29 is 14.1 Å². The van der Waals surface area contributed by atoms with Gasteiger partial charge in [-0.25, -0.2) is 4.79 Å². The number of fused-ring (bicyclic) bond motifs is 1. The molecule has 4 rings (SSSR count). The van der Waals surface area contributed by atoms with Gasteiger partial charge in [0.05, 0.1) is 19.6 Å². The summed E-state index contributed by atoms with van der Waals surface area (Å²) in [5.74, 6) is -0.386. The Balaban J connectivity index is 1.54. The van der Waals surface area contributed by atoms with E-state index in [0.29, 0.717) is 12.1 Å². The summed E-state index contributed by atoms with van der Waals surface area (Å²) in [7, 11) is 4.04. The lowest BCUT2D eigenvalue weighted by Gasteiger charge is -2.26. The Morgan fingerprint density at radius 3 is 2.50 bits per heavy atom. The van der Waals surface area contributed by atoms with E-state index in [1.807, 2.05) is 26.2 Å². The van der Waals surface area contributed by atoms with E-state index in [0.717, 1.165) is 24.2 Å². The van der Waals surface area contributed by atoms with E-state index in [2.05, 4.69) is 34.5 Å². The maximum atomic E-state index is 12.8. The van der Waals surface area contributed by atoms with Gasteiger partial charge >= 0.3 is 5.63 Å². The molecule has 156 valence electrons. The number of carbonyl (C=O) groups is 1. The van der Waals surface area contributed by atoms with E-state index in [1.165, 1.54) is 23.3 Å². The zero-order chi connectivity index (χ0) is 21.1. The van der Waals surface area contributed by atoms with Crippen molar-refractivity contribution in [3.63, 3.8) is 0 Å². The topological polar surface area (TPSA) is 67.0 Å². The zero-order valence-electron chi connectivity index (χ0n) is 17.5. The molecule has 3 aromatic rings. The number of carbonyl (C=O) groups excluding carboxylic acids is 1. The summed E-state index contributed by atoms with van der Waals surface area (Å²) in [6.07, 6.45) is 2.40. The van der Waals surface area contributed by atoms with Crippen LogP contribution in [-0.4, -0.2) is 39.6 Å². The predicted octanol–water partition coefficient (Wildman–Crippen LogP) is 2.01. The van der Waals surface area contributed by atoms with Crippen molar-refractivity contribution in [2.45, 2.75) is 18.9 Å². The molecule has 0 unspecified atom stereocenters. The summed E-state index contributed by atoms with van der Waals surface area (Å²) in [4.78, 5) is 28.7. The third kappa shape index (κ3) is 4.24. The molecular weight excluding hydrogens is 378 g/mol. The Bertz CT molecular complexity index is 1080. The number of anilines is 1. The minimum Gasteiger partial charge on any atom is -0.422 e. The number of hydrogen-bond donors (Lipinski definition) is 2. The highest BCUT2D eigenvalue weighted by Crippen LogP contribution is 2.17. The van der Waals surface area contributed by atoms with E-state index in [4.69, 9.17) is 4.42 Å². The summed E-state index contributed by atoms with van der Waals surface area (Å²) >= 11 is 0. The van der Waals surface area contributed by atoms with Gasteiger partial charge in [0.15, 0.2) is 0 Å². The Kier molecular flexibility index (Phi) is 5.86. The van der Waals surface area contributed by atoms with Crippen LogP contribution in [0.4, 0.5) is 5.69 Å². The van der Waals surface area contributed by atoms with Crippen LogP contribution in [0, 0.1) is 0 Å². The van der Waals surface area contributed by atoms with Crippen LogP contribution in [0.15, 0.2) is 63.8 Å². The Morgan fingerprint density at radius 2 is 1.80 bits per heavy atom. The minimum absolute atomic E-state index is 0.0480. The molecule has 1 atom stereocenters. The lowest BCUT2D eigenvalue weighted by molar-refractivity contribution is -0.918. The number of hydrogen-bond acceptors (Lipinski definition) is 4. The fourth-order valence-electron chi connectivity index (χ4n) is 4.19. The first-order valence-electron chi connectivity index (χ1n) is 10.5. The molecule has 2 aromatic carbocycles. The lowest BCUT2D eigenvalue weighted by atomic mass is 10.0. The molecule has 2 N–H and O–H groups in total. The van der Waals surface area contributed by atoms with Crippen molar-refractivity contribution in [3.8, 4) is 0 Å². The van der Waals surface area contributed by atoms with Gasteiger partial charge in [-0.3, -0.25) is 4.79 Å². The van der Waals surface area contributed by atoms with Gasteiger partial charge in [0, 0.05) is 43.6 Å². The minimum atomic E-state index is -0.605. The summed E-state index contributed by atoms with van der Waals surface area (Å²) in [5.41, 5.74) is 2.27. The van der Waals surface area contributed by atoms with Gasteiger partial charge in [-0.15, -0.1) is 0 Å². The van der Waals surface area contributed by atoms with Crippen LogP contribution >= 0.6 is 0 Å². The van der Waals surface area contributed by atoms with E-state index in [1.54, 1.807) is 18.2 Å². The van der Waals surface area contributed by atoms with Crippen molar-refractivity contribution >= 4 is 22.6 Å². The van der Waals surface area contributed by atoms with Crippen molar-refractivity contribution in [1.29, 1.82) is 0 Å². The molecule has 1 aliphatic rings. The molecule has 6 heteroatoms. The molecule has 1 aliphatic heterocycles. The molecular formula is C24H28N3O3+. The number of rotatable bonds is 6. The van der Waals surface area contributed by atoms with Gasteiger partial charge in [-0.2, -0.15) is 0 Å². The average molecular weight is 407 g/mol. The molecule has 1 fully saturated rings. The predicted molar refractivity (Wildman–Crippen MR) is 118 cm³/mol. The van der Waals surface area contributed by atoms with E-state index < -0.39 is 5.63 Å². The van der Waals surface area contributed by atoms with Crippen LogP contribution in [0.1, 0.15) is 34.8 Å². The number of quaternary nitrogens is 1. The number of para-hydroxylation sites is 1. The van der Waals surface area contributed by atoms with Crippen LogP contribution in [0.25, 0.3) is 11.0 Å². The zero-order valence-corrected chi connectivity index (χ0v) is 17.5. The molecule has 1 amide bonds. The van der Waals surface area contributed by atoms with Gasteiger partial charge < -0.3 is 19.5 Å². The maximum absolute atomic E-state index is 12.8. The molecule has 6 nitrogen and oxygen atoms in total. The van der Waals surface area contributed by atoms with Crippen molar-refractivity contribution in [2.75, 3.05) is 38.6 Å². The van der Waals surface area contributed by atoms with Crippen LogP contribution in [0.5, 0.6) is 0 Å². The van der Waals surface area contributed by atoms with Gasteiger partial charge in [0.1, 0.15) is 17.2 Å². The van der Waals surface area contributed by atoms with Crippen LogP contribution in [0.3, 0.4) is 0 Å². The normalized spacial score (nSPS) is 15.3. The van der Waals surface area contributed by atoms with E-state index in [9.17, 15) is 9.59 Å². The summed E-state index contributed by atoms with van der Waals surface area (Å²) in [6.45, 7) is 2.66. The molecule has 0 saturated carbocycles. The van der Waals surface area contributed by atoms with E-state index >= 15 is 0 Å². The third-order valence-corrected chi connectivity index (χ3v) is 5.90. The van der Waals surface area contributed by atoms with Gasteiger partial charge in [-0.05, 0) is 24.3 Å². The number of benzene rings is 2. The Morgan fingerprint density at radius 1 is 1.10 bits per heavy atom. The van der Waals surface area contributed by atoms with Crippen LogP contribution in [-0.2, 0) is 0 Å². The number of likely N-dealkylation sites (tertiary alicyclic amines) is 1. The van der Waals surface area contributed by atoms with Gasteiger partial charge in [-0.1, -0.05) is 30.3 Å². The smallest absolute Gasteiger partial charge is 0.349 e. The van der Waals surface area contributed by atoms with Gasteiger partial charge in [0.2, 0.25) is 0 Å². The first kappa shape index (κ1) is 20.2. The second-order valence-electron chi connectivity index (χ2n) is 8.10. The number of amides is 1. The SMILES string of the molecule is CN(C)c1ccc([C@H](CNC(=O)c2cc3ccccc3oc2=O)[NH+]2CCCC2)cc1. The highest BCUT2D eigenvalue weighted by molar-refractivity contribution is 5.96. The molecule has 0 aliphatic carbocycles. The number of nitrogens with zero attached hydrogens (tertiary/aromatic N) is 1. The monoisotopic (exact) mass is 406 g/mol. The van der Waals surface area contributed by atoms with Crippen molar-refractivity contribution in [1.82, 2.24) is 5.32 Å². The van der Waals surface area contributed by atoms with Crippen LogP contribution < -0.4 is 20.7 Å². The average Bonchev–Trinajstić information content (AvgIpc) is 3.28. The maximum Gasteiger partial charge on any atom is 0.349 e. The Hall–Kier alpha value is -3.12. The molecule has 30 heavy (non-hydrogen) atoms. The highest BCUT2D eigenvalue weighted by atomic mass is 16.4. The fourth-order valence-corrected chi connectivity index (χ4v) is 4.19. The quantitative estimate of drug-likeness (QED) is 0.615. The summed E-state index contributed by atoms with van der Waals surface area (Å²) in [6, 6.07) is 17.5. The highest BCUT2D eigenvalue weighted by Gasteiger charge is 2.28.